The molecular formula is C15H22O. The predicted molar refractivity (Wildman–Crippen MR) is 69.8 cm³/mol. The summed E-state index contributed by atoms with van der Waals surface area (Å²) in [5, 5.41) is 8.55. The van der Waals surface area contributed by atoms with Crippen LogP contribution in [-0.2, 0) is 0 Å². The molecule has 0 aromatic carbocycles. The molecule has 88 valence electrons. The first kappa shape index (κ1) is 14.8. The maximum Gasteiger partial charge on any atom is 0.0431 e. The number of rotatable bonds is 6. The fourth-order valence-electron chi connectivity index (χ4n) is 1.13. The van der Waals surface area contributed by atoms with Gasteiger partial charge >= 0.3 is 0 Å². The summed E-state index contributed by atoms with van der Waals surface area (Å²) >= 11 is 0. The van der Waals surface area contributed by atoms with E-state index in [4.69, 9.17) is 5.11 Å². The predicted octanol–water partition coefficient (Wildman–Crippen LogP) is 3.29. The van der Waals surface area contributed by atoms with E-state index in [0.29, 0.717) is 0 Å². The van der Waals surface area contributed by atoms with Crippen LogP contribution in [0.15, 0.2) is 12.2 Å². The quantitative estimate of drug-likeness (QED) is 0.536. The van der Waals surface area contributed by atoms with Gasteiger partial charge in [-0.1, -0.05) is 43.4 Å². The number of hydrogen-bond donors (Lipinski definition) is 1. The molecule has 0 aliphatic carbocycles. The van der Waals surface area contributed by atoms with Crippen LogP contribution < -0.4 is 0 Å². The van der Waals surface area contributed by atoms with Gasteiger partial charge in [0.2, 0.25) is 0 Å². The van der Waals surface area contributed by atoms with Crippen molar-refractivity contribution in [2.24, 2.45) is 0 Å². The van der Waals surface area contributed by atoms with Gasteiger partial charge < -0.3 is 5.11 Å². The molecular weight excluding hydrogens is 196 g/mol. The van der Waals surface area contributed by atoms with Crippen LogP contribution in [0.1, 0.15) is 51.9 Å². The van der Waals surface area contributed by atoms with Crippen molar-refractivity contribution in [1.29, 1.82) is 0 Å². The summed E-state index contributed by atoms with van der Waals surface area (Å²) in [5.74, 6) is 12.0. The van der Waals surface area contributed by atoms with E-state index in [2.05, 4.69) is 30.6 Å². The summed E-state index contributed by atoms with van der Waals surface area (Å²) in [6.45, 7) is 2.46. The second kappa shape index (κ2) is 13.8. The maximum atomic E-state index is 8.55. The Balaban J connectivity index is 3.44. The molecule has 0 aromatic rings. The van der Waals surface area contributed by atoms with Crippen molar-refractivity contribution in [2.75, 3.05) is 6.61 Å². The summed E-state index contributed by atoms with van der Waals surface area (Å²) in [5.41, 5.74) is 0. The lowest BCUT2D eigenvalue weighted by molar-refractivity contribution is 0.285. The molecule has 0 saturated carbocycles. The molecule has 0 bridgehead atoms. The molecule has 1 N–H and O–H groups in total. The first-order chi connectivity index (χ1) is 7.91. The monoisotopic (exact) mass is 218 g/mol. The van der Waals surface area contributed by atoms with Crippen molar-refractivity contribution in [3.8, 4) is 23.7 Å². The molecule has 16 heavy (non-hydrogen) atoms. The van der Waals surface area contributed by atoms with Crippen LogP contribution in [0.4, 0.5) is 0 Å². The minimum Gasteiger partial charge on any atom is -0.396 e. The molecule has 0 radical (unpaired) electrons. The molecule has 0 aliphatic rings. The van der Waals surface area contributed by atoms with Gasteiger partial charge in [-0.15, -0.1) is 0 Å². The maximum absolute atomic E-state index is 8.55. The first-order valence-electron chi connectivity index (χ1n) is 6.14. The van der Waals surface area contributed by atoms with Gasteiger partial charge in [-0.05, 0) is 31.4 Å². The number of aliphatic hydroxyl groups is 1. The molecule has 0 amide bonds. The number of hydrogen-bond acceptors (Lipinski definition) is 1. The Kier molecular flexibility index (Phi) is 12.8. The number of allylic oxidation sites excluding steroid dienone is 2. The highest BCUT2D eigenvalue weighted by molar-refractivity contribution is 5.24. The van der Waals surface area contributed by atoms with Crippen LogP contribution >= 0.6 is 0 Å². The summed E-state index contributed by atoms with van der Waals surface area (Å²) < 4.78 is 0. The average molecular weight is 218 g/mol. The highest BCUT2D eigenvalue weighted by atomic mass is 16.2. The first-order valence-corrected chi connectivity index (χ1v) is 6.14. The molecule has 0 atom stereocenters. The smallest absolute Gasteiger partial charge is 0.0431 e. The third kappa shape index (κ3) is 12.8. The Labute approximate surface area is 100.0 Å². The average Bonchev–Trinajstić information content (AvgIpc) is 2.31. The van der Waals surface area contributed by atoms with Crippen LogP contribution in [0.25, 0.3) is 0 Å². The van der Waals surface area contributed by atoms with E-state index in [1.807, 2.05) is 6.08 Å². The van der Waals surface area contributed by atoms with E-state index < -0.39 is 0 Å². The number of aliphatic hydroxyl groups excluding tert-OH is 1. The molecule has 0 aliphatic heterocycles. The molecule has 0 heterocycles. The van der Waals surface area contributed by atoms with Gasteiger partial charge in [0, 0.05) is 19.4 Å². The van der Waals surface area contributed by atoms with Crippen molar-refractivity contribution in [3.05, 3.63) is 12.2 Å². The van der Waals surface area contributed by atoms with Crippen LogP contribution in [0, 0.1) is 23.7 Å². The highest BCUT2D eigenvalue weighted by Crippen LogP contribution is 1.96. The van der Waals surface area contributed by atoms with Crippen molar-refractivity contribution >= 4 is 0 Å². The van der Waals surface area contributed by atoms with Gasteiger partial charge in [-0.3, -0.25) is 0 Å². The summed E-state index contributed by atoms with van der Waals surface area (Å²) in [6.07, 6.45) is 11.0. The molecule has 0 unspecified atom stereocenters. The van der Waals surface area contributed by atoms with Crippen molar-refractivity contribution in [1.82, 2.24) is 0 Å². The van der Waals surface area contributed by atoms with Crippen molar-refractivity contribution < 1.29 is 5.11 Å². The van der Waals surface area contributed by atoms with Gasteiger partial charge in [-0.2, -0.15) is 0 Å². The zero-order valence-corrected chi connectivity index (χ0v) is 10.3. The summed E-state index contributed by atoms with van der Waals surface area (Å²) in [4.78, 5) is 0. The lowest BCUT2D eigenvalue weighted by atomic mass is 10.2. The lowest BCUT2D eigenvalue weighted by Gasteiger charge is -1.87. The third-order valence-corrected chi connectivity index (χ3v) is 2.07. The minimum atomic E-state index is 0.265. The van der Waals surface area contributed by atoms with Crippen LogP contribution in [0.2, 0.25) is 0 Å². The molecule has 0 aromatic heterocycles. The van der Waals surface area contributed by atoms with Crippen molar-refractivity contribution in [3.63, 3.8) is 0 Å². The minimum absolute atomic E-state index is 0.265. The largest absolute Gasteiger partial charge is 0.396 e. The Morgan fingerprint density at radius 3 is 1.94 bits per heavy atom. The molecule has 0 spiro atoms. The van der Waals surface area contributed by atoms with Crippen LogP contribution in [-0.4, -0.2) is 11.7 Å². The van der Waals surface area contributed by atoms with Crippen molar-refractivity contribution in [2.45, 2.75) is 51.9 Å². The fourth-order valence-corrected chi connectivity index (χ4v) is 1.13. The lowest BCUT2D eigenvalue weighted by Crippen LogP contribution is -1.80. The Hall–Kier alpha value is -1.18. The van der Waals surface area contributed by atoms with E-state index >= 15 is 0 Å². The molecule has 0 saturated heterocycles. The third-order valence-electron chi connectivity index (χ3n) is 2.07. The molecule has 1 heteroatoms. The number of unbranched alkanes of at least 4 members (excludes halogenated alkanes) is 5. The zero-order valence-electron chi connectivity index (χ0n) is 10.3. The van der Waals surface area contributed by atoms with Gasteiger partial charge in [0.25, 0.3) is 0 Å². The SMILES string of the molecule is CCCCCC#C/C=C\C#CCCCCO. The molecule has 0 fully saturated rings. The second-order valence-corrected chi connectivity index (χ2v) is 3.61. The Morgan fingerprint density at radius 2 is 1.44 bits per heavy atom. The van der Waals surface area contributed by atoms with E-state index in [1.54, 1.807) is 6.08 Å². The van der Waals surface area contributed by atoms with E-state index in [-0.39, 0.29) is 6.61 Å². The van der Waals surface area contributed by atoms with E-state index in [9.17, 15) is 0 Å². The summed E-state index contributed by atoms with van der Waals surface area (Å²) in [6, 6.07) is 0. The van der Waals surface area contributed by atoms with Gasteiger partial charge in [0.1, 0.15) is 0 Å². The highest BCUT2D eigenvalue weighted by Gasteiger charge is 1.80. The Morgan fingerprint density at radius 1 is 0.875 bits per heavy atom. The van der Waals surface area contributed by atoms with E-state index in [1.165, 1.54) is 19.3 Å². The summed E-state index contributed by atoms with van der Waals surface area (Å²) in [7, 11) is 0. The molecule has 1 nitrogen and oxygen atoms in total. The molecule has 0 rings (SSSR count). The van der Waals surface area contributed by atoms with Crippen LogP contribution in [0.5, 0.6) is 0 Å². The standard InChI is InChI=1S/C15H22O/c1-2-3-4-5-6-7-8-9-10-11-12-13-14-15-16/h8-9,16H,2-5,12-15H2,1H3/b9-8-. The van der Waals surface area contributed by atoms with Gasteiger partial charge in [-0.25, -0.2) is 0 Å². The topological polar surface area (TPSA) is 20.2 Å². The zero-order chi connectivity index (χ0) is 11.9. The Bertz CT molecular complexity index is 250. The van der Waals surface area contributed by atoms with E-state index in [0.717, 1.165) is 25.7 Å². The normalized spacial score (nSPS) is 9.38. The van der Waals surface area contributed by atoms with Gasteiger partial charge in [0.15, 0.2) is 0 Å². The van der Waals surface area contributed by atoms with Gasteiger partial charge in [0.05, 0.1) is 0 Å². The fraction of sp³-hybridized carbons (Fsp3) is 0.600. The van der Waals surface area contributed by atoms with Crippen LogP contribution in [0.3, 0.4) is 0 Å². The second-order valence-electron chi connectivity index (χ2n) is 3.61.